The molecule has 0 unspecified atom stereocenters. The van der Waals surface area contributed by atoms with Crippen LogP contribution in [0.2, 0.25) is 0 Å². The Balaban J connectivity index is 0.883. The molecule has 1 aliphatic carbocycles. The summed E-state index contributed by atoms with van der Waals surface area (Å²) in [5.41, 5.74) is 18.4. The van der Waals surface area contributed by atoms with Gasteiger partial charge in [0.25, 0.3) is 0 Å². The van der Waals surface area contributed by atoms with Crippen LogP contribution in [0.5, 0.6) is 0 Å². The first-order chi connectivity index (χ1) is 35.2. The first kappa shape index (κ1) is 41.9. The van der Waals surface area contributed by atoms with Crippen LogP contribution in [0.3, 0.4) is 0 Å². The van der Waals surface area contributed by atoms with Crippen LogP contribution in [-0.4, -0.2) is 0 Å². The summed E-state index contributed by atoms with van der Waals surface area (Å²) in [6, 6.07) is 106. The van der Waals surface area contributed by atoms with Gasteiger partial charge in [-0.15, -0.1) is 0 Å². The highest BCUT2D eigenvalue weighted by Gasteiger charge is 2.45. The van der Waals surface area contributed by atoms with Crippen molar-refractivity contribution in [2.45, 2.75) is 5.41 Å². The molecule has 0 aliphatic heterocycles. The molecular formula is C69H48N2. The zero-order chi connectivity index (χ0) is 47.1. The molecule has 0 amide bonds. The van der Waals surface area contributed by atoms with Gasteiger partial charge in [-0.2, -0.15) is 0 Å². The smallest absolute Gasteiger partial charge is 0.0714 e. The van der Waals surface area contributed by atoms with E-state index in [1.54, 1.807) is 0 Å². The Morgan fingerprint density at radius 1 is 0.211 bits per heavy atom. The monoisotopic (exact) mass is 904 g/mol. The van der Waals surface area contributed by atoms with Crippen LogP contribution in [0.4, 0.5) is 34.1 Å². The van der Waals surface area contributed by atoms with Crippen molar-refractivity contribution in [3.05, 3.63) is 313 Å². The lowest BCUT2D eigenvalue weighted by molar-refractivity contribution is 0.771. The summed E-state index contributed by atoms with van der Waals surface area (Å²) in [5, 5.41) is 5.17. The summed E-state index contributed by atoms with van der Waals surface area (Å²) in [6.07, 6.45) is 0. The minimum absolute atomic E-state index is 0.509. The molecular weight excluding hydrogens is 857 g/mol. The standard InChI is InChI=1S/C69H48N2/c1-6-17-49(18-7-1)51-31-39-60(40-32-51)70(61-41-33-52(34-42-61)50-19-8-2-9-20-50)62-43-35-53(36-44-62)54-37-45-63(46-38-54)71(59-26-14-5-15-27-59)64-47-56-30-29-55-21-16-28-65-67(55)68(56)66(48-64)69(65,57-22-10-3-11-23-57)58-24-12-4-13-25-58/h1-48H. The predicted molar refractivity (Wildman–Crippen MR) is 299 cm³/mol. The molecule has 0 radical (unpaired) electrons. The average molecular weight is 905 g/mol. The fourth-order valence-corrected chi connectivity index (χ4v) is 11.2. The summed E-state index contributed by atoms with van der Waals surface area (Å²) in [4.78, 5) is 4.76. The maximum atomic E-state index is 2.47. The van der Waals surface area contributed by atoms with Crippen molar-refractivity contribution < 1.29 is 0 Å². The van der Waals surface area contributed by atoms with Gasteiger partial charge in [0.1, 0.15) is 0 Å². The fraction of sp³-hybridized carbons (Fsp3) is 0.0145. The second kappa shape index (κ2) is 17.7. The lowest BCUT2D eigenvalue weighted by Gasteiger charge is -2.35. The van der Waals surface area contributed by atoms with E-state index in [4.69, 9.17) is 0 Å². The minimum Gasteiger partial charge on any atom is -0.311 e. The van der Waals surface area contributed by atoms with Gasteiger partial charge >= 0.3 is 0 Å². The number of hydrogen-bond acceptors (Lipinski definition) is 2. The molecule has 0 aromatic heterocycles. The van der Waals surface area contributed by atoms with E-state index >= 15 is 0 Å². The topological polar surface area (TPSA) is 6.48 Å². The third-order valence-corrected chi connectivity index (χ3v) is 14.5. The molecule has 0 fully saturated rings. The van der Waals surface area contributed by atoms with Gasteiger partial charge in [-0.25, -0.2) is 0 Å². The van der Waals surface area contributed by atoms with Crippen molar-refractivity contribution in [1.82, 2.24) is 0 Å². The van der Waals surface area contributed by atoms with Crippen molar-refractivity contribution in [2.24, 2.45) is 0 Å². The Morgan fingerprint density at radius 3 is 0.986 bits per heavy atom. The fourth-order valence-electron chi connectivity index (χ4n) is 11.2. The van der Waals surface area contributed by atoms with Gasteiger partial charge in [0.2, 0.25) is 0 Å². The summed E-state index contributed by atoms with van der Waals surface area (Å²) in [7, 11) is 0. The predicted octanol–water partition coefficient (Wildman–Crippen LogP) is 18.6. The van der Waals surface area contributed by atoms with E-state index < -0.39 is 5.41 Å². The molecule has 0 atom stereocenters. The third kappa shape index (κ3) is 7.28. The Morgan fingerprint density at radius 2 is 0.549 bits per heavy atom. The molecule has 12 aromatic carbocycles. The van der Waals surface area contributed by atoms with Crippen LogP contribution in [-0.2, 0) is 5.41 Å². The van der Waals surface area contributed by atoms with E-state index in [-0.39, 0.29) is 0 Å². The largest absolute Gasteiger partial charge is 0.311 e. The summed E-state index contributed by atoms with van der Waals surface area (Å²) in [6.45, 7) is 0. The molecule has 0 spiro atoms. The number of anilines is 6. The van der Waals surface area contributed by atoms with Crippen molar-refractivity contribution in [3.8, 4) is 33.4 Å². The second-order valence-corrected chi connectivity index (χ2v) is 18.5. The molecule has 12 aromatic rings. The van der Waals surface area contributed by atoms with Crippen LogP contribution >= 0.6 is 0 Å². The number of rotatable bonds is 11. The molecule has 0 bridgehead atoms. The maximum Gasteiger partial charge on any atom is 0.0714 e. The van der Waals surface area contributed by atoms with Gasteiger partial charge in [-0.1, -0.05) is 218 Å². The molecule has 0 N–H and O–H groups in total. The normalized spacial score (nSPS) is 12.3. The zero-order valence-electron chi connectivity index (χ0n) is 39.1. The first-order valence-electron chi connectivity index (χ1n) is 24.5. The molecule has 334 valence electrons. The van der Waals surface area contributed by atoms with Gasteiger partial charge in [-0.05, 0) is 150 Å². The Hall–Kier alpha value is -9.24. The lowest BCUT2D eigenvalue weighted by atomic mass is 9.67. The summed E-state index contributed by atoms with van der Waals surface area (Å²) >= 11 is 0. The first-order valence-corrected chi connectivity index (χ1v) is 24.5. The third-order valence-electron chi connectivity index (χ3n) is 14.5. The highest BCUT2D eigenvalue weighted by Crippen LogP contribution is 2.57. The van der Waals surface area contributed by atoms with Gasteiger partial charge in [0.15, 0.2) is 0 Å². The van der Waals surface area contributed by atoms with E-state index in [0.29, 0.717) is 0 Å². The van der Waals surface area contributed by atoms with Gasteiger partial charge < -0.3 is 9.80 Å². The zero-order valence-corrected chi connectivity index (χ0v) is 39.1. The van der Waals surface area contributed by atoms with Crippen LogP contribution in [0, 0.1) is 0 Å². The van der Waals surface area contributed by atoms with Crippen LogP contribution in [0.15, 0.2) is 291 Å². The molecule has 2 heteroatoms. The average Bonchev–Trinajstić information content (AvgIpc) is 3.76. The number of nitrogens with zero attached hydrogens (tertiary/aromatic N) is 2. The van der Waals surface area contributed by atoms with Crippen LogP contribution in [0.1, 0.15) is 22.3 Å². The summed E-state index contributed by atoms with van der Waals surface area (Å²) < 4.78 is 0. The molecule has 1 aliphatic rings. The highest BCUT2D eigenvalue weighted by atomic mass is 15.1. The molecule has 2 nitrogen and oxygen atoms in total. The van der Waals surface area contributed by atoms with E-state index in [9.17, 15) is 0 Å². The van der Waals surface area contributed by atoms with Crippen molar-refractivity contribution in [2.75, 3.05) is 9.80 Å². The number of para-hydroxylation sites is 1. The molecule has 71 heavy (non-hydrogen) atoms. The van der Waals surface area contributed by atoms with Crippen LogP contribution < -0.4 is 9.80 Å². The Labute approximate surface area is 415 Å². The maximum absolute atomic E-state index is 2.47. The van der Waals surface area contributed by atoms with E-state index in [0.717, 1.165) is 45.3 Å². The molecule has 0 saturated heterocycles. The molecule has 13 rings (SSSR count). The van der Waals surface area contributed by atoms with Gasteiger partial charge in [0, 0.05) is 34.1 Å². The number of benzene rings is 12. The van der Waals surface area contributed by atoms with Crippen molar-refractivity contribution in [1.29, 1.82) is 0 Å². The SMILES string of the molecule is c1ccc(-c2ccc(N(c3ccc(-c4ccccc4)cc3)c3ccc(-c4ccc(N(c5ccccc5)c5cc6c7c(ccc8cccc(c87)C6(c6ccccc6)c6ccccc6)c5)cc4)cc3)cc2)cc1. The van der Waals surface area contributed by atoms with E-state index in [1.165, 1.54) is 66.1 Å². The number of hydrogen-bond donors (Lipinski definition) is 0. The van der Waals surface area contributed by atoms with Gasteiger partial charge in [-0.3, -0.25) is 0 Å². The Bertz CT molecular complexity index is 3680. The van der Waals surface area contributed by atoms with E-state index in [2.05, 4.69) is 301 Å². The molecule has 0 heterocycles. The van der Waals surface area contributed by atoms with Gasteiger partial charge in [0.05, 0.1) is 5.41 Å². The molecule has 0 saturated carbocycles. The summed E-state index contributed by atoms with van der Waals surface area (Å²) in [5.74, 6) is 0. The second-order valence-electron chi connectivity index (χ2n) is 18.5. The Kier molecular flexibility index (Phi) is 10.4. The van der Waals surface area contributed by atoms with Crippen molar-refractivity contribution in [3.63, 3.8) is 0 Å². The minimum atomic E-state index is -0.509. The quantitative estimate of drug-likeness (QED) is 0.119. The van der Waals surface area contributed by atoms with Crippen LogP contribution in [0.25, 0.3) is 54.9 Å². The lowest BCUT2D eigenvalue weighted by Crippen LogP contribution is -2.29. The van der Waals surface area contributed by atoms with Crippen molar-refractivity contribution >= 4 is 55.7 Å². The highest BCUT2D eigenvalue weighted by molar-refractivity contribution is 6.17. The van der Waals surface area contributed by atoms with E-state index in [1.807, 2.05) is 0 Å².